The van der Waals surface area contributed by atoms with Gasteiger partial charge in [0.25, 0.3) is 0 Å². The van der Waals surface area contributed by atoms with E-state index in [1.165, 1.54) is 32.1 Å². The molecule has 3 aliphatic carbocycles. The maximum absolute atomic E-state index is 4.01. The van der Waals surface area contributed by atoms with Gasteiger partial charge in [-0.15, -0.1) is 0 Å². The average molecular weight is 235 g/mol. The lowest BCUT2D eigenvalue weighted by Gasteiger charge is -2.34. The van der Waals surface area contributed by atoms with E-state index in [2.05, 4.69) is 19.2 Å². The van der Waals surface area contributed by atoms with Gasteiger partial charge in [0, 0.05) is 12.1 Å². The molecule has 6 unspecified atom stereocenters. The maximum Gasteiger partial charge on any atom is 0.0103 e. The van der Waals surface area contributed by atoms with Crippen molar-refractivity contribution in [2.45, 2.75) is 77.3 Å². The molecule has 3 saturated carbocycles. The molecule has 0 aromatic carbocycles. The second kappa shape index (κ2) is 4.91. The number of hydrogen-bond donors (Lipinski definition) is 1. The Morgan fingerprint density at radius 3 is 2.65 bits per heavy atom. The lowest BCUT2D eigenvalue weighted by molar-refractivity contribution is 0.194. The average Bonchev–Trinajstić information content (AvgIpc) is 2.99. The summed E-state index contributed by atoms with van der Waals surface area (Å²) in [6.45, 7) is 4.66. The molecule has 6 atom stereocenters. The molecule has 0 aliphatic heterocycles. The first-order valence-electron chi connectivity index (χ1n) is 8.09. The van der Waals surface area contributed by atoms with Gasteiger partial charge in [-0.25, -0.2) is 0 Å². The van der Waals surface area contributed by atoms with E-state index in [0.29, 0.717) is 0 Å². The Morgan fingerprint density at radius 1 is 1.06 bits per heavy atom. The molecule has 1 heteroatoms. The summed E-state index contributed by atoms with van der Waals surface area (Å²) < 4.78 is 0. The van der Waals surface area contributed by atoms with Crippen molar-refractivity contribution in [3.8, 4) is 0 Å². The molecule has 0 heterocycles. The quantitative estimate of drug-likeness (QED) is 0.760. The minimum Gasteiger partial charge on any atom is -0.311 e. The van der Waals surface area contributed by atoms with E-state index in [4.69, 9.17) is 0 Å². The minimum atomic E-state index is 0.796. The molecule has 98 valence electrons. The van der Waals surface area contributed by atoms with Gasteiger partial charge in [-0.1, -0.05) is 26.7 Å². The van der Waals surface area contributed by atoms with Gasteiger partial charge in [0.15, 0.2) is 0 Å². The van der Waals surface area contributed by atoms with Crippen molar-refractivity contribution >= 4 is 0 Å². The Bertz CT molecular complexity index is 262. The second-order valence-corrected chi connectivity index (χ2v) is 6.82. The van der Waals surface area contributed by atoms with Crippen LogP contribution in [0, 0.1) is 23.7 Å². The third-order valence-corrected chi connectivity index (χ3v) is 6.01. The van der Waals surface area contributed by atoms with Gasteiger partial charge in [0.2, 0.25) is 0 Å². The number of nitrogens with one attached hydrogen (secondary N) is 1. The van der Waals surface area contributed by atoms with Crippen LogP contribution in [0.2, 0.25) is 0 Å². The van der Waals surface area contributed by atoms with Crippen LogP contribution >= 0.6 is 0 Å². The standard InChI is InChI=1S/C16H29N/c1-3-6-12(4-2)17-16-10-11-9-15(16)14-8-5-7-13(11)14/h11-17H,3-10H2,1-2H3. The lowest BCUT2D eigenvalue weighted by atomic mass is 9.79. The SMILES string of the molecule is CCCC(CC)NC1CC2CC1C1CCCC21. The largest absolute Gasteiger partial charge is 0.311 e. The highest BCUT2D eigenvalue weighted by atomic mass is 15.0. The van der Waals surface area contributed by atoms with Crippen molar-refractivity contribution < 1.29 is 0 Å². The number of rotatable bonds is 5. The molecule has 0 spiro atoms. The Morgan fingerprint density at radius 2 is 1.88 bits per heavy atom. The first kappa shape index (κ1) is 12.0. The highest BCUT2D eigenvalue weighted by molar-refractivity contribution is 5.05. The van der Waals surface area contributed by atoms with Crippen LogP contribution in [0.25, 0.3) is 0 Å². The van der Waals surface area contributed by atoms with Crippen LogP contribution in [0.1, 0.15) is 65.2 Å². The molecule has 0 aromatic heterocycles. The lowest BCUT2D eigenvalue weighted by Crippen LogP contribution is -2.44. The molecule has 1 N–H and O–H groups in total. The predicted molar refractivity (Wildman–Crippen MR) is 73.0 cm³/mol. The van der Waals surface area contributed by atoms with E-state index < -0.39 is 0 Å². The van der Waals surface area contributed by atoms with E-state index in [1.807, 2.05) is 0 Å². The summed E-state index contributed by atoms with van der Waals surface area (Å²) in [6, 6.07) is 1.68. The number of hydrogen-bond acceptors (Lipinski definition) is 1. The van der Waals surface area contributed by atoms with E-state index in [1.54, 1.807) is 19.3 Å². The van der Waals surface area contributed by atoms with Gasteiger partial charge in [0.1, 0.15) is 0 Å². The summed E-state index contributed by atoms with van der Waals surface area (Å²) in [7, 11) is 0. The Labute approximate surface area is 107 Å². The summed E-state index contributed by atoms with van der Waals surface area (Å²) in [5, 5.41) is 4.01. The zero-order valence-corrected chi connectivity index (χ0v) is 11.6. The fourth-order valence-corrected chi connectivity index (χ4v) is 5.32. The van der Waals surface area contributed by atoms with Crippen LogP contribution in [0.5, 0.6) is 0 Å². The molecule has 0 amide bonds. The third-order valence-electron chi connectivity index (χ3n) is 6.01. The first-order valence-corrected chi connectivity index (χ1v) is 8.09. The van der Waals surface area contributed by atoms with Crippen LogP contribution < -0.4 is 5.32 Å². The first-order chi connectivity index (χ1) is 8.33. The highest BCUT2D eigenvalue weighted by Gasteiger charge is 2.53. The molecule has 1 nitrogen and oxygen atoms in total. The molecule has 0 aromatic rings. The van der Waals surface area contributed by atoms with Gasteiger partial charge in [0.05, 0.1) is 0 Å². The van der Waals surface area contributed by atoms with Gasteiger partial charge in [-0.05, 0) is 62.2 Å². The summed E-state index contributed by atoms with van der Waals surface area (Å²) in [5.74, 6) is 4.41. The molecule has 17 heavy (non-hydrogen) atoms. The van der Waals surface area contributed by atoms with Crippen molar-refractivity contribution in [2.24, 2.45) is 23.7 Å². The molecule has 3 rings (SSSR count). The van der Waals surface area contributed by atoms with Crippen LogP contribution in [0.3, 0.4) is 0 Å². The molecule has 2 bridgehead atoms. The Kier molecular flexibility index (Phi) is 3.47. The topological polar surface area (TPSA) is 12.0 Å². The minimum absolute atomic E-state index is 0.796. The van der Waals surface area contributed by atoms with Crippen molar-refractivity contribution in [1.82, 2.24) is 5.32 Å². The normalized spacial score (nSPS) is 45.2. The van der Waals surface area contributed by atoms with Crippen LogP contribution in [0.4, 0.5) is 0 Å². The van der Waals surface area contributed by atoms with Crippen LogP contribution in [-0.2, 0) is 0 Å². The van der Waals surface area contributed by atoms with Gasteiger partial charge in [-0.2, -0.15) is 0 Å². The monoisotopic (exact) mass is 235 g/mol. The fraction of sp³-hybridized carbons (Fsp3) is 1.00. The second-order valence-electron chi connectivity index (χ2n) is 6.82. The van der Waals surface area contributed by atoms with Crippen molar-refractivity contribution in [3.05, 3.63) is 0 Å². The molecule has 3 aliphatic rings. The molecule has 0 saturated heterocycles. The fourth-order valence-electron chi connectivity index (χ4n) is 5.32. The van der Waals surface area contributed by atoms with Crippen molar-refractivity contribution in [3.63, 3.8) is 0 Å². The van der Waals surface area contributed by atoms with Crippen LogP contribution in [-0.4, -0.2) is 12.1 Å². The van der Waals surface area contributed by atoms with E-state index in [0.717, 1.165) is 35.8 Å². The molecular weight excluding hydrogens is 206 g/mol. The maximum atomic E-state index is 4.01. The molecular formula is C16H29N. The van der Waals surface area contributed by atoms with Crippen molar-refractivity contribution in [2.75, 3.05) is 0 Å². The van der Waals surface area contributed by atoms with Crippen molar-refractivity contribution in [1.29, 1.82) is 0 Å². The predicted octanol–water partition coefficient (Wildman–Crippen LogP) is 3.98. The zero-order valence-electron chi connectivity index (χ0n) is 11.6. The third kappa shape index (κ3) is 2.05. The summed E-state index contributed by atoms with van der Waals surface area (Å²) in [5.41, 5.74) is 0. The van der Waals surface area contributed by atoms with E-state index >= 15 is 0 Å². The van der Waals surface area contributed by atoms with Gasteiger partial charge in [-0.3, -0.25) is 0 Å². The van der Waals surface area contributed by atoms with E-state index in [-0.39, 0.29) is 0 Å². The Hall–Kier alpha value is -0.0400. The summed E-state index contributed by atoms with van der Waals surface area (Å²) >= 11 is 0. The van der Waals surface area contributed by atoms with E-state index in [9.17, 15) is 0 Å². The van der Waals surface area contributed by atoms with Gasteiger partial charge >= 0.3 is 0 Å². The van der Waals surface area contributed by atoms with Gasteiger partial charge < -0.3 is 5.32 Å². The number of fused-ring (bicyclic) bond motifs is 5. The smallest absolute Gasteiger partial charge is 0.0103 e. The summed E-state index contributed by atoms with van der Waals surface area (Å²) in [4.78, 5) is 0. The Balaban J connectivity index is 1.59. The zero-order chi connectivity index (χ0) is 11.8. The van der Waals surface area contributed by atoms with Crippen LogP contribution in [0.15, 0.2) is 0 Å². The highest BCUT2D eigenvalue weighted by Crippen LogP contribution is 2.58. The molecule has 3 fully saturated rings. The summed E-state index contributed by atoms with van der Waals surface area (Å²) in [6.07, 6.45) is 11.7. The molecule has 0 radical (unpaired) electrons.